The van der Waals surface area contributed by atoms with Gasteiger partial charge in [-0.15, -0.1) is 0 Å². The molecule has 0 aliphatic heterocycles. The summed E-state index contributed by atoms with van der Waals surface area (Å²) in [6.45, 7) is 0. The fourth-order valence-electron chi connectivity index (χ4n) is 1.51. The van der Waals surface area contributed by atoms with Crippen molar-refractivity contribution in [2.75, 3.05) is 7.11 Å². The molecule has 112 valence electrons. The molecule has 0 fully saturated rings. The van der Waals surface area contributed by atoms with E-state index >= 15 is 0 Å². The average molecular weight is 301 g/mol. The Hall–Kier alpha value is -1.77. The third kappa shape index (κ3) is 3.41. The van der Waals surface area contributed by atoms with E-state index < -0.39 is 41.1 Å². The molecule has 0 aromatic heterocycles. The second kappa shape index (κ2) is 5.31. The molecule has 20 heavy (non-hydrogen) atoms. The average Bonchev–Trinajstić information content (AvgIpc) is 2.34. The van der Waals surface area contributed by atoms with E-state index in [0.29, 0.717) is 0 Å². The van der Waals surface area contributed by atoms with Crippen molar-refractivity contribution < 1.29 is 35.9 Å². The normalized spacial score (nSPS) is 14.0. The van der Waals surface area contributed by atoms with Crippen LogP contribution in [0.3, 0.4) is 0 Å². The van der Waals surface area contributed by atoms with Crippen LogP contribution < -0.4 is 5.73 Å². The van der Waals surface area contributed by atoms with Crippen LogP contribution in [0.25, 0.3) is 0 Å². The summed E-state index contributed by atoms with van der Waals surface area (Å²) in [5.41, 5.74) is 1.48. The Balaban J connectivity index is 3.46. The highest BCUT2D eigenvalue weighted by atomic mass is 19.4. The highest BCUT2D eigenvalue weighted by Crippen LogP contribution is 2.38. The monoisotopic (exact) mass is 301 g/mol. The van der Waals surface area contributed by atoms with E-state index in [1.165, 1.54) is 0 Å². The van der Waals surface area contributed by atoms with Gasteiger partial charge in [-0.1, -0.05) is 0 Å². The molecule has 0 unspecified atom stereocenters. The Labute approximate surface area is 109 Å². The van der Waals surface area contributed by atoms with Gasteiger partial charge in [0.15, 0.2) is 0 Å². The number of hydrogen-bond acceptors (Lipinski definition) is 3. The third-order valence-corrected chi connectivity index (χ3v) is 2.47. The van der Waals surface area contributed by atoms with E-state index in [4.69, 9.17) is 5.73 Å². The molecule has 0 radical (unpaired) electrons. The predicted octanol–water partition coefficient (Wildman–Crippen LogP) is 2.90. The van der Waals surface area contributed by atoms with Crippen LogP contribution in [0, 0.1) is 0 Å². The van der Waals surface area contributed by atoms with E-state index in [1.807, 2.05) is 0 Å². The number of hydrogen-bond donors (Lipinski definition) is 1. The lowest BCUT2D eigenvalue weighted by molar-refractivity contribution is -0.145. The molecule has 2 N–H and O–H groups in total. The number of alkyl halides is 6. The van der Waals surface area contributed by atoms with Crippen LogP contribution in [0.2, 0.25) is 0 Å². The molecule has 0 aliphatic carbocycles. The van der Waals surface area contributed by atoms with Crippen LogP contribution in [-0.4, -0.2) is 13.1 Å². The first-order chi connectivity index (χ1) is 8.98. The summed E-state index contributed by atoms with van der Waals surface area (Å²) in [4.78, 5) is 11.2. The minimum atomic E-state index is -4.94. The molecular weight excluding hydrogens is 292 g/mol. The molecule has 0 amide bonds. The Morgan fingerprint density at radius 1 is 1.15 bits per heavy atom. The first kappa shape index (κ1) is 16.3. The molecule has 0 saturated carbocycles. The zero-order valence-electron chi connectivity index (χ0n) is 9.97. The summed E-state index contributed by atoms with van der Waals surface area (Å²) in [5, 5.41) is 0. The number of esters is 1. The molecular formula is C11H9F6NO2. The Kier molecular flexibility index (Phi) is 4.33. The van der Waals surface area contributed by atoms with Crippen molar-refractivity contribution >= 4 is 5.97 Å². The number of halogens is 6. The van der Waals surface area contributed by atoms with E-state index in [2.05, 4.69) is 4.74 Å². The molecule has 1 aromatic carbocycles. The Bertz CT molecular complexity index is 509. The molecule has 0 saturated heterocycles. The number of rotatable bonds is 2. The van der Waals surface area contributed by atoms with Gasteiger partial charge < -0.3 is 10.5 Å². The minimum absolute atomic E-state index is 0.199. The van der Waals surface area contributed by atoms with Crippen LogP contribution in [0.5, 0.6) is 0 Å². The molecule has 1 rings (SSSR count). The van der Waals surface area contributed by atoms with Crippen LogP contribution in [0.1, 0.15) is 22.7 Å². The second-order valence-corrected chi connectivity index (χ2v) is 3.80. The number of methoxy groups -OCH3 is 1. The van der Waals surface area contributed by atoms with Crippen molar-refractivity contribution in [2.24, 2.45) is 5.73 Å². The summed E-state index contributed by atoms with van der Waals surface area (Å²) >= 11 is 0. The molecule has 1 aromatic rings. The molecule has 1 atom stereocenters. The summed E-state index contributed by atoms with van der Waals surface area (Å²) in [6, 6.07) is -1.25. The van der Waals surface area contributed by atoms with Gasteiger partial charge in [-0.25, -0.2) is 0 Å². The lowest BCUT2D eigenvalue weighted by Gasteiger charge is -2.18. The first-order valence-electron chi connectivity index (χ1n) is 5.10. The van der Waals surface area contributed by atoms with Crippen LogP contribution in [0.4, 0.5) is 26.3 Å². The van der Waals surface area contributed by atoms with E-state index in [0.717, 1.165) is 7.11 Å². The molecule has 0 aliphatic rings. The van der Waals surface area contributed by atoms with E-state index in [-0.39, 0.29) is 18.2 Å². The second-order valence-electron chi connectivity index (χ2n) is 3.80. The van der Waals surface area contributed by atoms with Crippen LogP contribution >= 0.6 is 0 Å². The maximum atomic E-state index is 12.7. The maximum absolute atomic E-state index is 12.7. The van der Waals surface area contributed by atoms with Gasteiger partial charge >= 0.3 is 18.3 Å². The van der Waals surface area contributed by atoms with Crippen LogP contribution in [0.15, 0.2) is 18.2 Å². The smallest absolute Gasteiger partial charge is 0.416 e. The van der Waals surface area contributed by atoms with E-state index in [1.54, 1.807) is 0 Å². The SMILES string of the molecule is COC(=O)[C@@H](N)c1cc(C(F)(F)F)ccc1C(F)(F)F. The fourth-order valence-corrected chi connectivity index (χ4v) is 1.51. The number of carbonyl (C=O) groups is 1. The summed E-state index contributed by atoms with van der Waals surface area (Å²) in [7, 11) is 0.864. The maximum Gasteiger partial charge on any atom is 0.416 e. The van der Waals surface area contributed by atoms with E-state index in [9.17, 15) is 31.1 Å². The lowest BCUT2D eigenvalue weighted by Crippen LogP contribution is -2.26. The first-order valence-corrected chi connectivity index (χ1v) is 5.10. The van der Waals surface area contributed by atoms with Gasteiger partial charge in [0.25, 0.3) is 0 Å². The van der Waals surface area contributed by atoms with Gasteiger partial charge in [-0.3, -0.25) is 4.79 Å². The van der Waals surface area contributed by atoms with Gasteiger partial charge in [0.05, 0.1) is 18.2 Å². The largest absolute Gasteiger partial charge is 0.468 e. The van der Waals surface area contributed by atoms with Gasteiger partial charge in [-0.2, -0.15) is 26.3 Å². The quantitative estimate of drug-likeness (QED) is 0.675. The van der Waals surface area contributed by atoms with Gasteiger partial charge in [-0.05, 0) is 23.8 Å². The standard InChI is InChI=1S/C11H9F6NO2/c1-20-9(19)8(18)6-4-5(10(12,13)14)2-3-7(6)11(15,16)17/h2-4,8H,18H2,1H3/t8-/m0/s1. The molecule has 0 bridgehead atoms. The summed E-state index contributed by atoms with van der Waals surface area (Å²) in [6.07, 6.45) is -9.79. The van der Waals surface area contributed by atoms with Gasteiger partial charge in [0.2, 0.25) is 0 Å². The molecule has 0 spiro atoms. The summed E-state index contributed by atoms with van der Waals surface area (Å²) in [5.74, 6) is -1.27. The van der Waals surface area contributed by atoms with Crippen molar-refractivity contribution in [2.45, 2.75) is 18.4 Å². The summed E-state index contributed by atoms with van der Waals surface area (Å²) < 4.78 is 79.8. The number of carbonyl (C=O) groups excluding carboxylic acids is 1. The highest BCUT2D eigenvalue weighted by molar-refractivity contribution is 5.78. The Morgan fingerprint density at radius 3 is 2.10 bits per heavy atom. The van der Waals surface area contributed by atoms with Crippen molar-refractivity contribution in [1.82, 2.24) is 0 Å². The zero-order chi connectivity index (χ0) is 15.7. The number of nitrogens with two attached hydrogens (primary N) is 1. The number of benzene rings is 1. The topological polar surface area (TPSA) is 52.3 Å². The van der Waals surface area contributed by atoms with Crippen molar-refractivity contribution in [1.29, 1.82) is 0 Å². The van der Waals surface area contributed by atoms with Crippen molar-refractivity contribution in [3.63, 3.8) is 0 Å². The van der Waals surface area contributed by atoms with Gasteiger partial charge in [0.1, 0.15) is 6.04 Å². The van der Waals surface area contributed by atoms with Crippen molar-refractivity contribution in [3.8, 4) is 0 Å². The van der Waals surface area contributed by atoms with Gasteiger partial charge in [0, 0.05) is 0 Å². The molecule has 3 nitrogen and oxygen atoms in total. The zero-order valence-corrected chi connectivity index (χ0v) is 9.97. The Morgan fingerprint density at radius 2 is 1.70 bits per heavy atom. The lowest BCUT2D eigenvalue weighted by atomic mass is 9.97. The molecule has 0 heterocycles. The number of ether oxygens (including phenoxy) is 1. The molecule has 9 heteroatoms. The fraction of sp³-hybridized carbons (Fsp3) is 0.364. The van der Waals surface area contributed by atoms with Crippen molar-refractivity contribution in [3.05, 3.63) is 34.9 Å². The highest BCUT2D eigenvalue weighted by Gasteiger charge is 2.39. The minimum Gasteiger partial charge on any atom is -0.468 e. The third-order valence-electron chi connectivity index (χ3n) is 2.47. The van der Waals surface area contributed by atoms with Crippen LogP contribution in [-0.2, 0) is 21.9 Å². The predicted molar refractivity (Wildman–Crippen MR) is 55.4 cm³/mol.